The molecule has 0 spiro atoms. The zero-order chi connectivity index (χ0) is 7.11. The van der Waals surface area contributed by atoms with Crippen molar-refractivity contribution in [3.63, 3.8) is 0 Å². The van der Waals surface area contributed by atoms with Gasteiger partial charge in [0, 0.05) is 0 Å². The van der Waals surface area contributed by atoms with Crippen molar-refractivity contribution in [1.82, 2.24) is 0 Å². The molecular weight excluding hydrogens is 112 g/mol. The summed E-state index contributed by atoms with van der Waals surface area (Å²) in [6, 6.07) is 0. The first kappa shape index (κ1) is 8.28. The third-order valence-corrected chi connectivity index (χ3v) is 0.992. The first-order valence-corrected chi connectivity index (χ1v) is 3.25. The molecule has 0 amide bonds. The maximum absolute atomic E-state index is 5.11. The molecule has 0 aromatic carbocycles. The Morgan fingerprint density at radius 2 is 2.22 bits per heavy atom. The zero-order valence-electron chi connectivity index (χ0n) is 6.35. The van der Waals surface area contributed by atoms with Crippen LogP contribution in [0.15, 0.2) is 24.2 Å². The summed E-state index contributed by atoms with van der Waals surface area (Å²) in [4.78, 5) is 0. The van der Waals surface area contributed by atoms with Crippen LogP contribution in [0.1, 0.15) is 27.2 Å². The minimum atomic E-state index is 0.944. The number of allylic oxidation sites excluding steroid dienone is 3. The van der Waals surface area contributed by atoms with Gasteiger partial charge in [-0.1, -0.05) is 6.92 Å². The van der Waals surface area contributed by atoms with E-state index in [-0.39, 0.29) is 0 Å². The summed E-state index contributed by atoms with van der Waals surface area (Å²) in [5.41, 5.74) is 0. The molecule has 0 atom stereocenters. The van der Waals surface area contributed by atoms with Crippen LogP contribution in [0.5, 0.6) is 0 Å². The van der Waals surface area contributed by atoms with E-state index in [1.54, 1.807) is 6.26 Å². The van der Waals surface area contributed by atoms with E-state index in [1.807, 2.05) is 26.0 Å². The lowest BCUT2D eigenvalue weighted by molar-refractivity contribution is 0.351. The Hall–Kier alpha value is -0.720. The van der Waals surface area contributed by atoms with Crippen LogP contribution in [0.3, 0.4) is 0 Å². The smallest absolute Gasteiger partial charge is 0.0958 e. The fraction of sp³-hybridized carbons (Fsp3) is 0.500. The number of ether oxygens (including phenoxy) is 1. The van der Waals surface area contributed by atoms with E-state index in [0.717, 1.165) is 12.2 Å². The zero-order valence-corrected chi connectivity index (χ0v) is 6.35. The maximum atomic E-state index is 5.11. The van der Waals surface area contributed by atoms with Gasteiger partial charge in [0.1, 0.15) is 0 Å². The van der Waals surface area contributed by atoms with Gasteiger partial charge in [-0.2, -0.15) is 0 Å². The molecule has 0 heterocycles. The fourth-order valence-electron chi connectivity index (χ4n) is 0.320. The molecular formula is C8H14O. The Bertz CT molecular complexity index is 112. The SMILES string of the molecule is C/C=C(/C)O/C=C\CC. The van der Waals surface area contributed by atoms with Gasteiger partial charge in [0.15, 0.2) is 0 Å². The van der Waals surface area contributed by atoms with Crippen molar-refractivity contribution < 1.29 is 4.74 Å². The Morgan fingerprint density at radius 1 is 1.56 bits per heavy atom. The van der Waals surface area contributed by atoms with Crippen molar-refractivity contribution in [2.45, 2.75) is 27.2 Å². The quantitative estimate of drug-likeness (QED) is 0.528. The van der Waals surface area contributed by atoms with Crippen LogP contribution >= 0.6 is 0 Å². The van der Waals surface area contributed by atoms with E-state index in [0.29, 0.717) is 0 Å². The lowest BCUT2D eigenvalue weighted by Crippen LogP contribution is -1.74. The van der Waals surface area contributed by atoms with E-state index < -0.39 is 0 Å². The van der Waals surface area contributed by atoms with Gasteiger partial charge in [-0.05, 0) is 32.4 Å². The van der Waals surface area contributed by atoms with E-state index in [9.17, 15) is 0 Å². The third-order valence-electron chi connectivity index (χ3n) is 0.992. The highest BCUT2D eigenvalue weighted by atomic mass is 16.5. The van der Waals surface area contributed by atoms with Crippen LogP contribution in [-0.4, -0.2) is 0 Å². The van der Waals surface area contributed by atoms with Gasteiger partial charge < -0.3 is 4.74 Å². The van der Waals surface area contributed by atoms with Crippen LogP contribution in [0.25, 0.3) is 0 Å². The Labute approximate surface area is 57.0 Å². The number of hydrogen-bond acceptors (Lipinski definition) is 1. The summed E-state index contributed by atoms with van der Waals surface area (Å²) >= 11 is 0. The highest BCUT2D eigenvalue weighted by Crippen LogP contribution is 1.94. The minimum Gasteiger partial charge on any atom is -0.470 e. The van der Waals surface area contributed by atoms with Gasteiger partial charge in [-0.3, -0.25) is 0 Å². The van der Waals surface area contributed by atoms with Crippen molar-refractivity contribution in [2.75, 3.05) is 0 Å². The lowest BCUT2D eigenvalue weighted by atomic mass is 10.5. The summed E-state index contributed by atoms with van der Waals surface area (Å²) in [7, 11) is 0. The average molecular weight is 126 g/mol. The minimum absolute atomic E-state index is 0.944. The molecule has 0 saturated heterocycles. The van der Waals surface area contributed by atoms with Crippen LogP contribution in [0.4, 0.5) is 0 Å². The standard InChI is InChI=1S/C8H14O/c1-4-6-7-9-8(3)5-2/h5-7H,4H2,1-3H3/b7-6-,8-5-. The third kappa shape index (κ3) is 5.15. The second-order valence-electron chi connectivity index (χ2n) is 1.80. The van der Waals surface area contributed by atoms with Crippen molar-refractivity contribution in [1.29, 1.82) is 0 Å². The molecule has 0 aromatic heterocycles. The molecule has 0 saturated carbocycles. The predicted molar refractivity (Wildman–Crippen MR) is 39.9 cm³/mol. The molecule has 0 fully saturated rings. The predicted octanol–water partition coefficient (Wildman–Crippen LogP) is 2.85. The number of rotatable bonds is 3. The van der Waals surface area contributed by atoms with E-state index in [4.69, 9.17) is 4.74 Å². The van der Waals surface area contributed by atoms with Crippen LogP contribution in [0, 0.1) is 0 Å². The Morgan fingerprint density at radius 3 is 2.67 bits per heavy atom. The molecule has 0 aliphatic carbocycles. The molecule has 0 aromatic rings. The summed E-state index contributed by atoms with van der Waals surface area (Å²) < 4.78 is 5.11. The fourth-order valence-corrected chi connectivity index (χ4v) is 0.320. The lowest BCUT2D eigenvalue weighted by Gasteiger charge is -1.95. The molecule has 1 heteroatoms. The van der Waals surface area contributed by atoms with Crippen molar-refractivity contribution in [2.24, 2.45) is 0 Å². The van der Waals surface area contributed by atoms with Gasteiger partial charge in [0.05, 0.1) is 12.0 Å². The topological polar surface area (TPSA) is 9.23 Å². The largest absolute Gasteiger partial charge is 0.470 e. The summed E-state index contributed by atoms with van der Waals surface area (Å²) in [5.74, 6) is 0.944. The van der Waals surface area contributed by atoms with Gasteiger partial charge in [-0.15, -0.1) is 0 Å². The highest BCUT2D eigenvalue weighted by molar-refractivity contribution is 4.88. The molecule has 0 radical (unpaired) electrons. The van der Waals surface area contributed by atoms with E-state index >= 15 is 0 Å². The second kappa shape index (κ2) is 5.42. The Balaban J connectivity index is 3.38. The maximum Gasteiger partial charge on any atom is 0.0958 e. The molecule has 0 bridgehead atoms. The van der Waals surface area contributed by atoms with Crippen LogP contribution in [0.2, 0.25) is 0 Å². The van der Waals surface area contributed by atoms with Gasteiger partial charge in [-0.25, -0.2) is 0 Å². The van der Waals surface area contributed by atoms with E-state index in [1.165, 1.54) is 0 Å². The molecule has 0 N–H and O–H groups in total. The van der Waals surface area contributed by atoms with Crippen LogP contribution in [-0.2, 0) is 4.74 Å². The monoisotopic (exact) mass is 126 g/mol. The van der Waals surface area contributed by atoms with Gasteiger partial charge in [0.25, 0.3) is 0 Å². The van der Waals surface area contributed by atoms with Gasteiger partial charge in [0.2, 0.25) is 0 Å². The molecule has 0 rings (SSSR count). The van der Waals surface area contributed by atoms with E-state index in [2.05, 4.69) is 6.92 Å². The molecule has 9 heavy (non-hydrogen) atoms. The van der Waals surface area contributed by atoms with Crippen molar-refractivity contribution in [3.05, 3.63) is 24.2 Å². The molecule has 0 aliphatic rings. The second-order valence-corrected chi connectivity index (χ2v) is 1.80. The molecule has 0 unspecified atom stereocenters. The molecule has 1 nitrogen and oxygen atoms in total. The summed E-state index contributed by atoms with van der Waals surface area (Å²) in [6.07, 6.45) is 6.65. The first-order chi connectivity index (χ1) is 4.31. The summed E-state index contributed by atoms with van der Waals surface area (Å²) in [6.45, 7) is 5.96. The highest BCUT2D eigenvalue weighted by Gasteiger charge is 1.77. The molecule has 52 valence electrons. The molecule has 0 aliphatic heterocycles. The van der Waals surface area contributed by atoms with Gasteiger partial charge >= 0.3 is 0 Å². The number of hydrogen-bond donors (Lipinski definition) is 0. The van der Waals surface area contributed by atoms with Crippen molar-refractivity contribution in [3.8, 4) is 0 Å². The summed E-state index contributed by atoms with van der Waals surface area (Å²) in [5, 5.41) is 0. The normalized spacial score (nSPS) is 12.6. The van der Waals surface area contributed by atoms with Crippen LogP contribution < -0.4 is 0 Å². The first-order valence-electron chi connectivity index (χ1n) is 3.25. The average Bonchev–Trinajstić information content (AvgIpc) is 1.89. The van der Waals surface area contributed by atoms with Crippen molar-refractivity contribution >= 4 is 0 Å². The Kier molecular flexibility index (Phi) is 4.98.